The first kappa shape index (κ1) is 13.9. The minimum Gasteiger partial charge on any atom is -0.310 e. The number of halogens is 1. The lowest BCUT2D eigenvalue weighted by atomic mass is 10.1. The Hall–Kier alpha value is -2.56. The van der Waals surface area contributed by atoms with Crippen LogP contribution in [0.15, 0.2) is 35.1 Å². The number of hydrogen-bond acceptors (Lipinski definition) is 3. The highest BCUT2D eigenvalue weighted by molar-refractivity contribution is 6.07. The minimum absolute atomic E-state index is 0.00301. The van der Waals surface area contributed by atoms with E-state index in [1.165, 1.54) is 24.3 Å². The molecular weight excluding hydrogens is 259 g/mol. The molecule has 0 fully saturated rings. The lowest BCUT2D eigenvalue weighted by Crippen LogP contribution is -2.21. The second kappa shape index (κ2) is 5.61. The van der Waals surface area contributed by atoms with E-state index in [1.54, 1.807) is 26.0 Å². The summed E-state index contributed by atoms with van der Waals surface area (Å²) in [6.07, 6.45) is 2.70. The Bertz CT molecular complexity index is 748. The standard InChI is InChI=1S/C15H13FN2O2/c1-9-14(15(20)18-10(2)17-9)13(19)7-6-11-4-3-5-12(16)8-11/h3-8H,1-2H3,(H,17,18,20). The molecule has 0 radical (unpaired) electrons. The third-order valence-corrected chi connectivity index (χ3v) is 2.74. The first-order valence-electron chi connectivity index (χ1n) is 6.03. The maximum atomic E-state index is 13.0. The summed E-state index contributed by atoms with van der Waals surface area (Å²) in [6, 6.07) is 5.83. The van der Waals surface area contributed by atoms with E-state index in [-0.39, 0.29) is 11.4 Å². The van der Waals surface area contributed by atoms with E-state index < -0.39 is 11.3 Å². The molecule has 0 aliphatic rings. The second-order valence-electron chi connectivity index (χ2n) is 4.36. The molecule has 2 aromatic rings. The number of H-pyrrole nitrogens is 1. The summed E-state index contributed by atoms with van der Waals surface area (Å²) in [5.74, 6) is -0.385. The molecular formula is C15H13FN2O2. The van der Waals surface area contributed by atoms with Crippen molar-refractivity contribution >= 4 is 11.9 Å². The molecule has 20 heavy (non-hydrogen) atoms. The Morgan fingerprint density at radius 2 is 2.10 bits per heavy atom. The molecule has 0 saturated heterocycles. The van der Waals surface area contributed by atoms with Gasteiger partial charge in [0.25, 0.3) is 5.56 Å². The number of nitrogens with zero attached hydrogens (tertiary/aromatic N) is 1. The molecule has 0 unspecified atom stereocenters. The van der Waals surface area contributed by atoms with Crippen molar-refractivity contribution in [3.8, 4) is 0 Å². The van der Waals surface area contributed by atoms with E-state index in [0.717, 1.165) is 0 Å². The quantitative estimate of drug-likeness (QED) is 0.689. The van der Waals surface area contributed by atoms with Crippen LogP contribution in [0.1, 0.15) is 27.4 Å². The van der Waals surface area contributed by atoms with Crippen LogP contribution in [-0.4, -0.2) is 15.8 Å². The van der Waals surface area contributed by atoms with Crippen molar-refractivity contribution in [1.29, 1.82) is 0 Å². The van der Waals surface area contributed by atoms with Crippen molar-refractivity contribution in [3.05, 3.63) is 69.2 Å². The van der Waals surface area contributed by atoms with E-state index in [4.69, 9.17) is 0 Å². The van der Waals surface area contributed by atoms with E-state index >= 15 is 0 Å². The molecule has 102 valence electrons. The predicted molar refractivity (Wildman–Crippen MR) is 74.1 cm³/mol. The van der Waals surface area contributed by atoms with Crippen LogP contribution in [0.2, 0.25) is 0 Å². The van der Waals surface area contributed by atoms with Crippen LogP contribution in [0.3, 0.4) is 0 Å². The van der Waals surface area contributed by atoms with Gasteiger partial charge in [-0.25, -0.2) is 9.37 Å². The lowest BCUT2D eigenvalue weighted by Gasteiger charge is -2.01. The number of allylic oxidation sites excluding steroid dienone is 1. The van der Waals surface area contributed by atoms with E-state index in [0.29, 0.717) is 17.1 Å². The molecule has 0 saturated carbocycles. The fourth-order valence-corrected chi connectivity index (χ4v) is 1.88. The highest BCUT2D eigenvalue weighted by Gasteiger charge is 2.12. The Morgan fingerprint density at radius 3 is 2.75 bits per heavy atom. The Kier molecular flexibility index (Phi) is 3.89. The Morgan fingerprint density at radius 1 is 1.35 bits per heavy atom. The van der Waals surface area contributed by atoms with Crippen molar-refractivity contribution in [3.63, 3.8) is 0 Å². The van der Waals surface area contributed by atoms with Gasteiger partial charge in [0.15, 0.2) is 5.78 Å². The molecule has 5 heteroatoms. The van der Waals surface area contributed by atoms with Crippen LogP contribution >= 0.6 is 0 Å². The Labute approximate surface area is 115 Å². The summed E-state index contributed by atoms with van der Waals surface area (Å²) in [4.78, 5) is 30.3. The van der Waals surface area contributed by atoms with Gasteiger partial charge in [0.05, 0.1) is 5.69 Å². The summed E-state index contributed by atoms with van der Waals surface area (Å²) in [5.41, 5.74) is 0.458. The molecule has 2 rings (SSSR count). The average Bonchev–Trinajstić information content (AvgIpc) is 2.35. The number of aromatic nitrogens is 2. The van der Waals surface area contributed by atoms with Crippen LogP contribution in [0.4, 0.5) is 4.39 Å². The van der Waals surface area contributed by atoms with Gasteiger partial charge in [0.2, 0.25) is 0 Å². The maximum Gasteiger partial charge on any atom is 0.262 e. The fourth-order valence-electron chi connectivity index (χ4n) is 1.88. The molecule has 1 N–H and O–H groups in total. The van der Waals surface area contributed by atoms with Crippen LogP contribution in [0, 0.1) is 19.7 Å². The first-order chi connectivity index (χ1) is 9.47. The van der Waals surface area contributed by atoms with Gasteiger partial charge in [-0.15, -0.1) is 0 Å². The van der Waals surface area contributed by atoms with Gasteiger partial charge in [0, 0.05) is 0 Å². The molecule has 0 aliphatic carbocycles. The van der Waals surface area contributed by atoms with Crippen LogP contribution in [0.5, 0.6) is 0 Å². The summed E-state index contributed by atoms with van der Waals surface area (Å²) in [5, 5.41) is 0. The van der Waals surface area contributed by atoms with Crippen LogP contribution < -0.4 is 5.56 Å². The number of hydrogen-bond donors (Lipinski definition) is 1. The summed E-state index contributed by atoms with van der Waals surface area (Å²) < 4.78 is 13.0. The third kappa shape index (κ3) is 3.06. The van der Waals surface area contributed by atoms with Crippen molar-refractivity contribution in [2.45, 2.75) is 13.8 Å². The Balaban J connectivity index is 2.32. The normalized spacial score (nSPS) is 10.9. The van der Waals surface area contributed by atoms with E-state index in [2.05, 4.69) is 9.97 Å². The number of carbonyl (C=O) groups excluding carboxylic acids is 1. The molecule has 1 aromatic heterocycles. The monoisotopic (exact) mass is 272 g/mol. The van der Waals surface area contributed by atoms with Crippen molar-refractivity contribution in [1.82, 2.24) is 9.97 Å². The number of carbonyl (C=O) groups is 1. The molecule has 1 heterocycles. The highest BCUT2D eigenvalue weighted by Crippen LogP contribution is 2.07. The maximum absolute atomic E-state index is 13.0. The van der Waals surface area contributed by atoms with E-state index in [1.807, 2.05) is 0 Å². The third-order valence-electron chi connectivity index (χ3n) is 2.74. The van der Waals surface area contributed by atoms with Gasteiger partial charge >= 0.3 is 0 Å². The minimum atomic E-state index is -0.469. The molecule has 0 atom stereocenters. The molecule has 0 bridgehead atoms. The number of ketones is 1. The van der Waals surface area contributed by atoms with Gasteiger partial charge < -0.3 is 4.98 Å². The highest BCUT2D eigenvalue weighted by atomic mass is 19.1. The van der Waals surface area contributed by atoms with E-state index in [9.17, 15) is 14.0 Å². The van der Waals surface area contributed by atoms with Gasteiger partial charge in [-0.1, -0.05) is 18.2 Å². The smallest absolute Gasteiger partial charge is 0.262 e. The second-order valence-corrected chi connectivity index (χ2v) is 4.36. The average molecular weight is 272 g/mol. The van der Waals surface area contributed by atoms with Crippen LogP contribution in [0.25, 0.3) is 6.08 Å². The lowest BCUT2D eigenvalue weighted by molar-refractivity contribution is 0.104. The largest absolute Gasteiger partial charge is 0.310 e. The van der Waals surface area contributed by atoms with Crippen molar-refractivity contribution in [2.24, 2.45) is 0 Å². The zero-order chi connectivity index (χ0) is 14.7. The molecule has 0 amide bonds. The number of aryl methyl sites for hydroxylation is 2. The SMILES string of the molecule is Cc1nc(C)c(C(=O)C=Cc2cccc(F)c2)c(=O)[nH]1. The number of benzene rings is 1. The molecule has 4 nitrogen and oxygen atoms in total. The topological polar surface area (TPSA) is 62.8 Å². The number of nitrogens with one attached hydrogen (secondary N) is 1. The first-order valence-corrected chi connectivity index (χ1v) is 6.03. The zero-order valence-electron chi connectivity index (χ0n) is 11.1. The summed E-state index contributed by atoms with van der Waals surface area (Å²) in [7, 11) is 0. The van der Waals surface area contributed by atoms with Crippen molar-refractivity contribution < 1.29 is 9.18 Å². The molecule has 1 aromatic carbocycles. The molecule has 0 spiro atoms. The van der Waals surface area contributed by atoms with Gasteiger partial charge in [0.1, 0.15) is 17.2 Å². The van der Waals surface area contributed by atoms with Gasteiger partial charge in [-0.05, 0) is 37.6 Å². The zero-order valence-corrected chi connectivity index (χ0v) is 11.1. The predicted octanol–water partition coefficient (Wildman–Crippen LogP) is 2.42. The number of rotatable bonds is 3. The fraction of sp³-hybridized carbons (Fsp3) is 0.133. The number of aromatic amines is 1. The summed E-state index contributed by atoms with van der Waals surface area (Å²) in [6.45, 7) is 3.25. The van der Waals surface area contributed by atoms with Gasteiger partial charge in [-0.3, -0.25) is 9.59 Å². The van der Waals surface area contributed by atoms with Crippen molar-refractivity contribution in [2.75, 3.05) is 0 Å². The molecule has 0 aliphatic heterocycles. The van der Waals surface area contributed by atoms with Crippen LogP contribution in [-0.2, 0) is 0 Å². The van der Waals surface area contributed by atoms with Gasteiger partial charge in [-0.2, -0.15) is 0 Å². The summed E-state index contributed by atoms with van der Waals surface area (Å²) >= 11 is 0.